The topological polar surface area (TPSA) is 20.3 Å². The molecule has 2 saturated carbocycles. The minimum absolute atomic E-state index is 0.322. The van der Waals surface area contributed by atoms with Crippen molar-refractivity contribution < 1.29 is 4.79 Å². The third kappa shape index (κ3) is 3.97. The largest absolute Gasteiger partial charge is 0.338 e. The van der Waals surface area contributed by atoms with Gasteiger partial charge in [0, 0.05) is 19.0 Å². The highest BCUT2D eigenvalue weighted by Crippen LogP contribution is 2.55. The van der Waals surface area contributed by atoms with Crippen molar-refractivity contribution in [1.29, 1.82) is 0 Å². The molecule has 0 aromatic carbocycles. The molecule has 0 radical (unpaired) electrons. The van der Waals surface area contributed by atoms with Crippen molar-refractivity contribution in [2.45, 2.75) is 52.4 Å². The maximum Gasteiger partial charge on any atom is 0.225 e. The van der Waals surface area contributed by atoms with E-state index in [9.17, 15) is 4.79 Å². The van der Waals surface area contributed by atoms with Crippen LogP contribution in [0.2, 0.25) is 0 Å². The van der Waals surface area contributed by atoms with E-state index in [1.54, 1.807) is 0 Å². The summed E-state index contributed by atoms with van der Waals surface area (Å²) in [6.45, 7) is 9.96. The maximum absolute atomic E-state index is 12.3. The standard InChI is InChI=1S/C18H29NO/c1-4-6-7-8-9-16-13-18(16,3)14-19(12-5-2)17(20)15-10-11-15/h5-7,15-16H,2,4,8-14H2,1,3H3. The predicted molar refractivity (Wildman–Crippen MR) is 84.4 cm³/mol. The Morgan fingerprint density at radius 2 is 2.15 bits per heavy atom. The molecular formula is C18H29NO. The number of allylic oxidation sites excluding steroid dienone is 2. The molecular weight excluding hydrogens is 246 g/mol. The van der Waals surface area contributed by atoms with Crippen LogP contribution in [0.4, 0.5) is 0 Å². The number of nitrogens with zero attached hydrogens (tertiary/aromatic N) is 1. The highest BCUT2D eigenvalue weighted by atomic mass is 16.2. The van der Waals surface area contributed by atoms with Crippen molar-refractivity contribution in [3.05, 3.63) is 24.8 Å². The molecule has 20 heavy (non-hydrogen) atoms. The Kier molecular flexibility index (Phi) is 5.06. The number of carbonyl (C=O) groups is 1. The molecule has 2 rings (SSSR count). The van der Waals surface area contributed by atoms with E-state index in [4.69, 9.17) is 0 Å². The fraction of sp³-hybridized carbons (Fsp3) is 0.722. The van der Waals surface area contributed by atoms with Crippen LogP contribution in [0.1, 0.15) is 52.4 Å². The molecule has 2 nitrogen and oxygen atoms in total. The number of rotatable bonds is 9. The number of hydrogen-bond acceptors (Lipinski definition) is 1. The first kappa shape index (κ1) is 15.3. The SMILES string of the molecule is C=CCN(CC1(C)CC1CCC=CCC)C(=O)C1CC1. The Morgan fingerprint density at radius 1 is 1.40 bits per heavy atom. The Bertz CT molecular complexity index is 383. The smallest absolute Gasteiger partial charge is 0.225 e. The van der Waals surface area contributed by atoms with E-state index in [-0.39, 0.29) is 0 Å². The average Bonchev–Trinajstić information content (AvgIpc) is 3.31. The summed E-state index contributed by atoms with van der Waals surface area (Å²) < 4.78 is 0. The average molecular weight is 275 g/mol. The second-order valence-corrected chi connectivity index (χ2v) is 6.79. The molecule has 0 bridgehead atoms. The second-order valence-electron chi connectivity index (χ2n) is 6.79. The van der Waals surface area contributed by atoms with Crippen LogP contribution in [0, 0.1) is 17.3 Å². The molecule has 0 saturated heterocycles. The minimum atomic E-state index is 0.322. The zero-order valence-corrected chi connectivity index (χ0v) is 13.1. The molecule has 2 fully saturated rings. The number of hydrogen-bond donors (Lipinski definition) is 0. The monoisotopic (exact) mass is 275 g/mol. The first-order valence-electron chi connectivity index (χ1n) is 8.15. The van der Waals surface area contributed by atoms with Crippen LogP contribution < -0.4 is 0 Å². The van der Waals surface area contributed by atoms with Crippen LogP contribution in [0.25, 0.3) is 0 Å². The Labute approximate surface area is 123 Å². The van der Waals surface area contributed by atoms with Gasteiger partial charge in [0.1, 0.15) is 0 Å². The quantitative estimate of drug-likeness (QED) is 0.578. The van der Waals surface area contributed by atoms with Crippen LogP contribution in [-0.4, -0.2) is 23.9 Å². The van der Waals surface area contributed by atoms with Crippen molar-refractivity contribution in [1.82, 2.24) is 4.90 Å². The van der Waals surface area contributed by atoms with Gasteiger partial charge in [-0.1, -0.05) is 32.1 Å². The predicted octanol–water partition coefficient (Wildman–Crippen LogP) is 4.18. The summed E-state index contributed by atoms with van der Waals surface area (Å²) in [5.41, 5.74) is 0.355. The van der Waals surface area contributed by atoms with E-state index >= 15 is 0 Å². The summed E-state index contributed by atoms with van der Waals surface area (Å²) in [6.07, 6.45) is 13.5. The molecule has 0 aliphatic heterocycles. The number of amides is 1. The van der Waals surface area contributed by atoms with Gasteiger partial charge in [-0.05, 0) is 49.9 Å². The molecule has 0 aromatic rings. The number of carbonyl (C=O) groups excluding carboxylic acids is 1. The second kappa shape index (κ2) is 6.60. The Hall–Kier alpha value is -1.05. The van der Waals surface area contributed by atoms with E-state index in [0.717, 1.165) is 31.7 Å². The maximum atomic E-state index is 12.3. The van der Waals surface area contributed by atoms with Gasteiger partial charge in [0.05, 0.1) is 0 Å². The molecule has 2 aliphatic carbocycles. The van der Waals surface area contributed by atoms with Crippen molar-refractivity contribution in [2.24, 2.45) is 17.3 Å². The summed E-state index contributed by atoms with van der Waals surface area (Å²) in [6, 6.07) is 0. The zero-order valence-electron chi connectivity index (χ0n) is 13.1. The highest BCUT2D eigenvalue weighted by molar-refractivity contribution is 5.81. The van der Waals surface area contributed by atoms with Crippen LogP contribution in [0.15, 0.2) is 24.8 Å². The summed E-state index contributed by atoms with van der Waals surface area (Å²) in [5.74, 6) is 1.48. The first-order chi connectivity index (χ1) is 9.60. The minimum Gasteiger partial charge on any atom is -0.338 e. The molecule has 2 aliphatic rings. The molecule has 0 aromatic heterocycles. The van der Waals surface area contributed by atoms with Gasteiger partial charge in [0.2, 0.25) is 5.91 Å². The van der Waals surface area contributed by atoms with Gasteiger partial charge >= 0.3 is 0 Å². The lowest BCUT2D eigenvalue weighted by molar-refractivity contribution is -0.132. The lowest BCUT2D eigenvalue weighted by Gasteiger charge is -2.25. The van der Waals surface area contributed by atoms with Gasteiger partial charge in [0.25, 0.3) is 0 Å². The summed E-state index contributed by atoms with van der Waals surface area (Å²) in [4.78, 5) is 14.3. The Morgan fingerprint density at radius 3 is 2.75 bits per heavy atom. The summed E-state index contributed by atoms with van der Waals surface area (Å²) in [5, 5.41) is 0. The van der Waals surface area contributed by atoms with E-state index in [1.165, 1.54) is 19.3 Å². The third-order valence-corrected chi connectivity index (χ3v) is 4.76. The molecule has 0 spiro atoms. The van der Waals surface area contributed by atoms with Gasteiger partial charge in [-0.3, -0.25) is 4.79 Å². The fourth-order valence-electron chi connectivity index (χ4n) is 3.14. The van der Waals surface area contributed by atoms with E-state index in [1.807, 2.05) is 11.0 Å². The summed E-state index contributed by atoms with van der Waals surface area (Å²) >= 11 is 0. The van der Waals surface area contributed by atoms with Crippen molar-refractivity contribution in [2.75, 3.05) is 13.1 Å². The van der Waals surface area contributed by atoms with Crippen molar-refractivity contribution in [3.8, 4) is 0 Å². The Balaban J connectivity index is 1.79. The molecule has 2 atom stereocenters. The molecule has 2 heteroatoms. The van der Waals surface area contributed by atoms with E-state index in [0.29, 0.717) is 23.8 Å². The highest BCUT2D eigenvalue weighted by Gasteiger charge is 2.50. The van der Waals surface area contributed by atoms with Gasteiger partial charge in [-0.25, -0.2) is 0 Å². The van der Waals surface area contributed by atoms with Crippen LogP contribution in [0.5, 0.6) is 0 Å². The molecule has 112 valence electrons. The van der Waals surface area contributed by atoms with E-state index < -0.39 is 0 Å². The lowest BCUT2D eigenvalue weighted by atomic mass is 10.0. The zero-order chi connectivity index (χ0) is 14.6. The normalized spacial score (nSPS) is 28.6. The van der Waals surface area contributed by atoms with E-state index in [2.05, 4.69) is 32.6 Å². The van der Waals surface area contributed by atoms with Gasteiger partial charge in [-0.15, -0.1) is 6.58 Å². The summed E-state index contributed by atoms with van der Waals surface area (Å²) in [7, 11) is 0. The molecule has 1 amide bonds. The van der Waals surface area contributed by atoms with Gasteiger partial charge in [-0.2, -0.15) is 0 Å². The van der Waals surface area contributed by atoms with Crippen LogP contribution in [0.3, 0.4) is 0 Å². The van der Waals surface area contributed by atoms with Gasteiger partial charge < -0.3 is 4.90 Å². The van der Waals surface area contributed by atoms with Crippen molar-refractivity contribution in [3.63, 3.8) is 0 Å². The lowest BCUT2D eigenvalue weighted by Crippen LogP contribution is -2.37. The van der Waals surface area contributed by atoms with Crippen LogP contribution >= 0.6 is 0 Å². The first-order valence-corrected chi connectivity index (χ1v) is 8.15. The third-order valence-electron chi connectivity index (χ3n) is 4.76. The molecule has 2 unspecified atom stereocenters. The molecule has 0 heterocycles. The molecule has 0 N–H and O–H groups in total. The van der Waals surface area contributed by atoms with Crippen LogP contribution in [-0.2, 0) is 4.79 Å². The fourth-order valence-corrected chi connectivity index (χ4v) is 3.14. The van der Waals surface area contributed by atoms with Crippen molar-refractivity contribution >= 4 is 5.91 Å². The van der Waals surface area contributed by atoms with Gasteiger partial charge in [0.15, 0.2) is 0 Å².